The summed E-state index contributed by atoms with van der Waals surface area (Å²) in [6, 6.07) is 10.3. The average Bonchev–Trinajstić information content (AvgIpc) is 3.12. The topological polar surface area (TPSA) is 63.7 Å². The monoisotopic (exact) mass is 522 g/mol. The van der Waals surface area contributed by atoms with E-state index in [0.29, 0.717) is 43.7 Å². The Balaban J connectivity index is 1.32. The van der Waals surface area contributed by atoms with E-state index < -0.39 is 0 Å². The molecule has 38 heavy (non-hydrogen) atoms. The number of nitrogens with zero attached hydrogens (tertiary/aromatic N) is 4. The molecule has 3 aliphatic heterocycles. The van der Waals surface area contributed by atoms with Crippen LogP contribution in [0.15, 0.2) is 36.5 Å². The number of fused-ring (bicyclic) bond motifs is 1. The lowest BCUT2D eigenvalue weighted by Gasteiger charge is -2.44. The second-order valence-corrected chi connectivity index (χ2v) is 12.5. The van der Waals surface area contributed by atoms with Gasteiger partial charge in [0, 0.05) is 75.0 Å². The van der Waals surface area contributed by atoms with E-state index in [4.69, 9.17) is 4.98 Å². The van der Waals surface area contributed by atoms with Gasteiger partial charge in [-0.2, -0.15) is 0 Å². The van der Waals surface area contributed by atoms with Gasteiger partial charge in [-0.1, -0.05) is 26.0 Å². The van der Waals surface area contributed by atoms with E-state index in [0.717, 1.165) is 55.2 Å². The van der Waals surface area contributed by atoms with Gasteiger partial charge in [-0.15, -0.1) is 0 Å². The number of nitrogens with one attached hydrogen (secondary N) is 2. The van der Waals surface area contributed by atoms with E-state index in [9.17, 15) is 9.18 Å². The zero-order valence-electron chi connectivity index (χ0n) is 23.5. The fourth-order valence-electron chi connectivity index (χ4n) is 6.49. The average molecular weight is 523 g/mol. The number of carbonyl (C=O) groups excluding carboxylic acids is 1. The fourth-order valence-corrected chi connectivity index (χ4v) is 6.49. The molecule has 2 fully saturated rings. The molecule has 2 aromatic rings. The summed E-state index contributed by atoms with van der Waals surface area (Å²) in [5.74, 6) is -0.0976. The Morgan fingerprint density at radius 3 is 2.47 bits per heavy atom. The molecule has 0 saturated carbocycles. The van der Waals surface area contributed by atoms with Gasteiger partial charge in [-0.3, -0.25) is 19.6 Å². The highest BCUT2D eigenvalue weighted by molar-refractivity contribution is 5.97. The van der Waals surface area contributed by atoms with Gasteiger partial charge in [0.15, 0.2) is 0 Å². The summed E-state index contributed by atoms with van der Waals surface area (Å²) >= 11 is 0. The van der Waals surface area contributed by atoms with E-state index in [1.807, 2.05) is 11.1 Å². The molecule has 0 aliphatic carbocycles. The van der Waals surface area contributed by atoms with Gasteiger partial charge in [0.1, 0.15) is 5.82 Å². The second-order valence-electron chi connectivity index (χ2n) is 12.5. The van der Waals surface area contributed by atoms with Crippen molar-refractivity contribution in [1.29, 1.82) is 0 Å². The molecule has 0 spiro atoms. The highest BCUT2D eigenvalue weighted by Gasteiger charge is 2.41. The zero-order chi connectivity index (χ0) is 27.0. The van der Waals surface area contributed by atoms with Crippen molar-refractivity contribution in [3.05, 3.63) is 59.2 Å². The summed E-state index contributed by atoms with van der Waals surface area (Å²) in [5, 5.41) is 7.26. The molecule has 206 valence electrons. The lowest BCUT2D eigenvalue weighted by atomic mass is 9.91. The number of halogens is 1. The molecule has 4 heterocycles. The van der Waals surface area contributed by atoms with Crippen LogP contribution >= 0.6 is 0 Å². The number of benzene rings is 1. The van der Waals surface area contributed by atoms with Gasteiger partial charge in [0.2, 0.25) is 5.91 Å². The number of rotatable bonds is 6. The molecule has 1 aromatic carbocycles. The van der Waals surface area contributed by atoms with Crippen molar-refractivity contribution in [3.63, 3.8) is 0 Å². The van der Waals surface area contributed by atoms with Crippen molar-refractivity contribution >= 4 is 11.6 Å². The number of hydrogen-bond acceptors (Lipinski definition) is 6. The van der Waals surface area contributed by atoms with Gasteiger partial charge in [-0.25, -0.2) is 4.39 Å². The Labute approximate surface area is 226 Å². The largest absolute Gasteiger partial charge is 0.311 e. The van der Waals surface area contributed by atoms with Gasteiger partial charge < -0.3 is 15.5 Å². The summed E-state index contributed by atoms with van der Waals surface area (Å²) in [5.41, 5.74) is 3.74. The number of aromatic nitrogens is 1. The highest BCUT2D eigenvalue weighted by Crippen LogP contribution is 2.39. The van der Waals surface area contributed by atoms with Crippen LogP contribution in [0.3, 0.4) is 0 Å². The number of carbonyl (C=O) groups is 1. The summed E-state index contributed by atoms with van der Waals surface area (Å²) < 4.78 is 13.4. The predicted octanol–water partition coefficient (Wildman–Crippen LogP) is 2.78. The molecule has 8 heteroatoms. The predicted molar refractivity (Wildman–Crippen MR) is 150 cm³/mol. The number of piperazine rings is 2. The molecular formula is C30H43FN6O. The maximum absolute atomic E-state index is 13.9. The molecule has 7 nitrogen and oxygen atoms in total. The van der Waals surface area contributed by atoms with E-state index in [-0.39, 0.29) is 17.1 Å². The molecule has 0 radical (unpaired) electrons. The molecule has 1 amide bonds. The van der Waals surface area contributed by atoms with E-state index in [2.05, 4.69) is 61.1 Å². The van der Waals surface area contributed by atoms with Crippen molar-refractivity contribution in [2.24, 2.45) is 0 Å². The van der Waals surface area contributed by atoms with Gasteiger partial charge in [-0.05, 0) is 56.5 Å². The molecule has 2 N–H and O–H groups in total. The minimum absolute atomic E-state index is 0.138. The minimum atomic E-state index is -0.235. The van der Waals surface area contributed by atoms with Crippen LogP contribution in [-0.4, -0.2) is 90.7 Å². The van der Waals surface area contributed by atoms with Crippen molar-refractivity contribution in [1.82, 2.24) is 25.4 Å². The molecule has 0 bridgehead atoms. The van der Waals surface area contributed by atoms with Crippen molar-refractivity contribution in [2.75, 3.05) is 50.7 Å². The summed E-state index contributed by atoms with van der Waals surface area (Å²) in [4.78, 5) is 25.6. The Morgan fingerprint density at radius 1 is 1.05 bits per heavy atom. The zero-order valence-corrected chi connectivity index (χ0v) is 23.5. The first kappa shape index (κ1) is 27.2. The Hall–Kier alpha value is -2.39. The quantitative estimate of drug-likeness (QED) is 0.609. The third-order valence-electron chi connectivity index (χ3n) is 8.20. The molecule has 4 atom stereocenters. The summed E-state index contributed by atoms with van der Waals surface area (Å²) in [6.07, 6.45) is 2.56. The summed E-state index contributed by atoms with van der Waals surface area (Å²) in [6.45, 7) is 16.8. The number of amides is 1. The lowest BCUT2D eigenvalue weighted by molar-refractivity contribution is -0.120. The molecule has 0 unspecified atom stereocenters. The van der Waals surface area contributed by atoms with Crippen LogP contribution in [0.25, 0.3) is 0 Å². The van der Waals surface area contributed by atoms with Crippen molar-refractivity contribution in [2.45, 2.75) is 70.6 Å². The number of hydrogen-bond donors (Lipinski definition) is 2. The highest BCUT2D eigenvalue weighted by atomic mass is 19.1. The SMILES string of the molecule is C[C@@H]1CN(CC(=O)N2CC(C)(C)c3ncc(Cc4ccc(F)cc4)cc32)[C@@H](CN2C[C@@H](C)N[C@@H](C)C2)CN1. The van der Waals surface area contributed by atoms with E-state index in [1.54, 1.807) is 12.1 Å². The van der Waals surface area contributed by atoms with Crippen LogP contribution in [0.4, 0.5) is 10.1 Å². The van der Waals surface area contributed by atoms with Crippen LogP contribution in [0.5, 0.6) is 0 Å². The first-order chi connectivity index (χ1) is 18.1. The number of anilines is 1. The Bertz CT molecular complexity index is 1130. The standard InChI is InChI=1S/C30H43FN6O/c1-20-16-36(26(13-32-20)17-35-14-21(2)34-22(3)15-35)18-28(38)37-19-30(4,5)29-27(37)11-24(12-33-29)10-23-6-8-25(31)9-7-23/h6-9,11-12,20-22,26,32,34H,10,13-19H2,1-5H3/t20-,21-,22+,26-/m1/s1. The fraction of sp³-hybridized carbons (Fsp3) is 0.600. The summed E-state index contributed by atoms with van der Waals surface area (Å²) in [7, 11) is 0. The molecule has 1 aromatic heterocycles. The molecule has 3 aliphatic rings. The van der Waals surface area contributed by atoms with Gasteiger partial charge in [0.05, 0.1) is 17.9 Å². The van der Waals surface area contributed by atoms with E-state index >= 15 is 0 Å². The second kappa shape index (κ2) is 11.0. The van der Waals surface area contributed by atoms with Crippen LogP contribution in [0.1, 0.15) is 51.4 Å². The minimum Gasteiger partial charge on any atom is -0.311 e. The van der Waals surface area contributed by atoms with Crippen molar-refractivity contribution in [3.8, 4) is 0 Å². The van der Waals surface area contributed by atoms with Gasteiger partial charge in [0.25, 0.3) is 0 Å². The number of pyridine rings is 1. The van der Waals surface area contributed by atoms with Crippen LogP contribution in [0, 0.1) is 5.82 Å². The molecule has 5 rings (SSSR count). The normalized spacial score (nSPS) is 27.9. The third kappa shape index (κ3) is 6.09. The van der Waals surface area contributed by atoms with Crippen molar-refractivity contribution < 1.29 is 9.18 Å². The Kier molecular flexibility index (Phi) is 7.87. The maximum atomic E-state index is 13.9. The maximum Gasteiger partial charge on any atom is 0.241 e. The van der Waals surface area contributed by atoms with E-state index in [1.165, 1.54) is 12.1 Å². The first-order valence-electron chi connectivity index (χ1n) is 14.1. The van der Waals surface area contributed by atoms with Crippen LogP contribution in [0.2, 0.25) is 0 Å². The molecular weight excluding hydrogens is 479 g/mol. The Morgan fingerprint density at radius 2 is 1.76 bits per heavy atom. The van der Waals surface area contributed by atoms with Crippen LogP contribution in [-0.2, 0) is 16.6 Å². The third-order valence-corrected chi connectivity index (χ3v) is 8.20. The van der Waals surface area contributed by atoms with Crippen LogP contribution < -0.4 is 15.5 Å². The molecule has 2 saturated heterocycles. The van der Waals surface area contributed by atoms with Gasteiger partial charge >= 0.3 is 0 Å². The lowest BCUT2D eigenvalue weighted by Crippen LogP contribution is -2.63. The smallest absolute Gasteiger partial charge is 0.241 e. The first-order valence-corrected chi connectivity index (χ1v) is 14.1.